The summed E-state index contributed by atoms with van der Waals surface area (Å²) >= 11 is 0. The van der Waals surface area contributed by atoms with E-state index in [-0.39, 0.29) is 23.4 Å². The maximum Gasteiger partial charge on any atom is 0.161 e. The summed E-state index contributed by atoms with van der Waals surface area (Å²) in [7, 11) is 0. The average Bonchev–Trinajstić information content (AvgIpc) is 2.14. The van der Waals surface area contributed by atoms with Crippen LogP contribution < -0.4 is 0 Å². The summed E-state index contributed by atoms with van der Waals surface area (Å²) in [4.78, 5) is 11.4. The van der Waals surface area contributed by atoms with Crippen LogP contribution in [0, 0.1) is 11.8 Å². The molecule has 0 aliphatic heterocycles. The van der Waals surface area contributed by atoms with E-state index in [1.165, 1.54) is 6.08 Å². The Balaban J connectivity index is 4.29. The molecule has 0 bridgehead atoms. The molecule has 2 nitrogen and oxygen atoms in total. The van der Waals surface area contributed by atoms with Crippen LogP contribution in [-0.4, -0.2) is 10.9 Å². The van der Waals surface area contributed by atoms with Crippen LogP contribution in [0.2, 0.25) is 0 Å². The number of ketones is 1. The second-order valence-electron chi connectivity index (χ2n) is 3.59. The highest BCUT2D eigenvalue weighted by atomic mass is 16.3. The molecule has 0 radical (unpaired) electrons. The largest absolute Gasteiger partial charge is 0.512 e. The molecule has 0 saturated heterocycles. The molecule has 0 rings (SSSR count). The zero-order chi connectivity index (χ0) is 10.4. The Morgan fingerprint density at radius 1 is 1.23 bits per heavy atom. The lowest BCUT2D eigenvalue weighted by atomic mass is 10.00. The SMILES string of the molecule is CCC(C)C(=O)/C=C(\O)C(C)CC. The van der Waals surface area contributed by atoms with Crippen LogP contribution in [0.25, 0.3) is 0 Å². The summed E-state index contributed by atoms with van der Waals surface area (Å²) in [5.41, 5.74) is 0. The minimum atomic E-state index is 0.0196. The van der Waals surface area contributed by atoms with E-state index in [9.17, 15) is 9.90 Å². The molecule has 2 unspecified atom stereocenters. The van der Waals surface area contributed by atoms with Crippen LogP contribution in [0.4, 0.5) is 0 Å². The molecular formula is C11H20O2. The predicted octanol–water partition coefficient (Wildman–Crippen LogP) is 3.09. The number of aliphatic hydroxyl groups is 1. The van der Waals surface area contributed by atoms with E-state index < -0.39 is 0 Å². The Morgan fingerprint density at radius 3 is 2.08 bits per heavy atom. The molecule has 0 aliphatic carbocycles. The zero-order valence-electron chi connectivity index (χ0n) is 9.00. The van der Waals surface area contributed by atoms with Crippen LogP contribution >= 0.6 is 0 Å². The van der Waals surface area contributed by atoms with E-state index in [4.69, 9.17) is 0 Å². The molecule has 1 N–H and O–H groups in total. The van der Waals surface area contributed by atoms with Crippen molar-refractivity contribution >= 4 is 5.78 Å². The van der Waals surface area contributed by atoms with Gasteiger partial charge in [0, 0.05) is 17.9 Å². The van der Waals surface area contributed by atoms with Crippen LogP contribution in [0.5, 0.6) is 0 Å². The van der Waals surface area contributed by atoms with Crippen molar-refractivity contribution in [3.63, 3.8) is 0 Å². The van der Waals surface area contributed by atoms with E-state index in [1.54, 1.807) is 0 Å². The van der Waals surface area contributed by atoms with E-state index in [2.05, 4.69) is 0 Å². The zero-order valence-corrected chi connectivity index (χ0v) is 9.00. The first kappa shape index (κ1) is 12.2. The van der Waals surface area contributed by atoms with E-state index >= 15 is 0 Å². The van der Waals surface area contributed by atoms with Gasteiger partial charge in [-0.05, 0) is 12.8 Å². The van der Waals surface area contributed by atoms with Gasteiger partial charge in [-0.2, -0.15) is 0 Å². The van der Waals surface area contributed by atoms with Gasteiger partial charge in [0.05, 0.1) is 5.76 Å². The molecule has 13 heavy (non-hydrogen) atoms. The van der Waals surface area contributed by atoms with Crippen molar-refractivity contribution in [2.75, 3.05) is 0 Å². The lowest BCUT2D eigenvalue weighted by molar-refractivity contribution is -0.118. The highest BCUT2D eigenvalue weighted by Crippen LogP contribution is 2.13. The summed E-state index contributed by atoms with van der Waals surface area (Å²) in [6.45, 7) is 7.75. The molecule has 0 fully saturated rings. The third-order valence-corrected chi connectivity index (χ3v) is 2.51. The van der Waals surface area contributed by atoms with Gasteiger partial charge < -0.3 is 5.11 Å². The first-order valence-corrected chi connectivity index (χ1v) is 4.97. The highest BCUT2D eigenvalue weighted by Gasteiger charge is 2.11. The quantitative estimate of drug-likeness (QED) is 0.526. The van der Waals surface area contributed by atoms with Gasteiger partial charge in [0.2, 0.25) is 0 Å². The molecule has 76 valence electrons. The van der Waals surface area contributed by atoms with Crippen LogP contribution in [0.15, 0.2) is 11.8 Å². The van der Waals surface area contributed by atoms with Crippen LogP contribution in [-0.2, 0) is 4.79 Å². The second-order valence-corrected chi connectivity index (χ2v) is 3.59. The molecule has 0 amide bonds. The normalized spacial score (nSPS) is 16.8. The maximum atomic E-state index is 11.4. The van der Waals surface area contributed by atoms with Crippen molar-refractivity contribution in [2.24, 2.45) is 11.8 Å². The van der Waals surface area contributed by atoms with Crippen molar-refractivity contribution in [1.82, 2.24) is 0 Å². The number of carbonyl (C=O) groups is 1. The molecule has 2 heteroatoms. The van der Waals surface area contributed by atoms with Gasteiger partial charge >= 0.3 is 0 Å². The van der Waals surface area contributed by atoms with E-state index in [0.29, 0.717) is 0 Å². The topological polar surface area (TPSA) is 37.3 Å². The average molecular weight is 184 g/mol. The lowest BCUT2D eigenvalue weighted by Gasteiger charge is -2.08. The molecule has 0 aromatic heterocycles. The van der Waals surface area contributed by atoms with Gasteiger partial charge in [0.25, 0.3) is 0 Å². The summed E-state index contributed by atoms with van der Waals surface area (Å²) in [5.74, 6) is 0.354. The van der Waals surface area contributed by atoms with Gasteiger partial charge in [0.15, 0.2) is 5.78 Å². The summed E-state index contributed by atoms with van der Waals surface area (Å²) in [5, 5.41) is 9.47. The van der Waals surface area contributed by atoms with Crippen LogP contribution in [0.1, 0.15) is 40.5 Å². The second kappa shape index (κ2) is 5.79. The van der Waals surface area contributed by atoms with Crippen molar-refractivity contribution in [1.29, 1.82) is 0 Å². The number of carbonyl (C=O) groups excluding carboxylic acids is 1. The number of hydrogen-bond donors (Lipinski definition) is 1. The summed E-state index contributed by atoms with van der Waals surface area (Å²) in [6.07, 6.45) is 3.06. The van der Waals surface area contributed by atoms with Gasteiger partial charge in [-0.1, -0.05) is 27.7 Å². The molecule has 0 saturated carbocycles. The smallest absolute Gasteiger partial charge is 0.161 e. The number of rotatable bonds is 5. The lowest BCUT2D eigenvalue weighted by Crippen LogP contribution is -2.09. The van der Waals surface area contributed by atoms with Crippen molar-refractivity contribution < 1.29 is 9.90 Å². The summed E-state index contributed by atoms with van der Waals surface area (Å²) in [6, 6.07) is 0. The molecule has 0 aliphatic rings. The third kappa shape index (κ3) is 4.11. The van der Waals surface area contributed by atoms with Crippen molar-refractivity contribution in [3.05, 3.63) is 11.8 Å². The minimum Gasteiger partial charge on any atom is -0.512 e. The fourth-order valence-electron chi connectivity index (χ4n) is 0.841. The van der Waals surface area contributed by atoms with Crippen molar-refractivity contribution in [2.45, 2.75) is 40.5 Å². The standard InChI is InChI=1S/C11H20O2/c1-5-8(3)10(12)7-11(13)9(4)6-2/h7-9,12H,5-6H2,1-4H3/b10-7-. The number of hydrogen-bond acceptors (Lipinski definition) is 2. The Labute approximate surface area is 80.7 Å². The fourth-order valence-corrected chi connectivity index (χ4v) is 0.841. The summed E-state index contributed by atoms with van der Waals surface area (Å²) < 4.78 is 0. The molecule has 2 atom stereocenters. The van der Waals surface area contributed by atoms with E-state index in [1.807, 2.05) is 27.7 Å². The minimum absolute atomic E-state index is 0.0196. The highest BCUT2D eigenvalue weighted by molar-refractivity contribution is 5.91. The van der Waals surface area contributed by atoms with Gasteiger partial charge in [0.1, 0.15) is 0 Å². The van der Waals surface area contributed by atoms with Gasteiger partial charge in [-0.25, -0.2) is 0 Å². The van der Waals surface area contributed by atoms with Gasteiger partial charge in [-0.3, -0.25) is 4.79 Å². The fraction of sp³-hybridized carbons (Fsp3) is 0.727. The first-order chi connectivity index (χ1) is 6.02. The van der Waals surface area contributed by atoms with Gasteiger partial charge in [-0.15, -0.1) is 0 Å². The predicted molar refractivity (Wildman–Crippen MR) is 54.6 cm³/mol. The first-order valence-electron chi connectivity index (χ1n) is 4.97. The Morgan fingerprint density at radius 2 is 1.69 bits per heavy atom. The van der Waals surface area contributed by atoms with E-state index in [0.717, 1.165) is 12.8 Å². The molecule has 0 aromatic rings. The molecule has 0 heterocycles. The Hall–Kier alpha value is -0.790. The maximum absolute atomic E-state index is 11.4. The monoisotopic (exact) mass is 184 g/mol. The molecular weight excluding hydrogens is 164 g/mol. The molecule has 0 spiro atoms. The number of allylic oxidation sites excluding steroid dienone is 2. The third-order valence-electron chi connectivity index (χ3n) is 2.51. The Kier molecular flexibility index (Phi) is 5.44. The van der Waals surface area contributed by atoms with Crippen molar-refractivity contribution in [3.8, 4) is 0 Å². The number of aliphatic hydroxyl groups excluding tert-OH is 1. The Bertz CT molecular complexity index is 194. The molecule has 0 aromatic carbocycles. The van der Waals surface area contributed by atoms with Crippen LogP contribution in [0.3, 0.4) is 0 Å².